The van der Waals surface area contributed by atoms with Crippen LogP contribution in [-0.2, 0) is 9.53 Å². The van der Waals surface area contributed by atoms with Gasteiger partial charge in [0.1, 0.15) is 10.7 Å². The number of aromatic nitrogens is 3. The lowest BCUT2D eigenvalue weighted by molar-refractivity contribution is -0.125. The maximum absolute atomic E-state index is 10.9. The summed E-state index contributed by atoms with van der Waals surface area (Å²) < 4.78 is 8.39. The molecule has 3 heterocycles. The molecule has 0 spiro atoms. The van der Waals surface area contributed by atoms with Gasteiger partial charge >= 0.3 is 0 Å². The molecule has 2 aromatic heterocycles. The number of imidazole rings is 1. The van der Waals surface area contributed by atoms with Crippen LogP contribution in [0.2, 0.25) is 0 Å². The van der Waals surface area contributed by atoms with E-state index in [9.17, 15) is 4.79 Å². The van der Waals surface area contributed by atoms with Crippen molar-refractivity contribution in [1.29, 1.82) is 0 Å². The Bertz CT molecular complexity index is 896. The molecule has 4 rings (SSSR count). The first kappa shape index (κ1) is 16.0. The van der Waals surface area contributed by atoms with Gasteiger partial charge in [0.05, 0.1) is 13.2 Å². The van der Waals surface area contributed by atoms with Crippen LogP contribution in [0.5, 0.6) is 0 Å². The molecule has 1 fully saturated rings. The van der Waals surface area contributed by atoms with Gasteiger partial charge in [0.25, 0.3) is 0 Å². The molecule has 1 amide bonds. The molecule has 7 nitrogen and oxygen atoms in total. The number of carbonyl (C=O) groups is 1. The summed E-state index contributed by atoms with van der Waals surface area (Å²) in [6, 6.07) is 7.95. The molecule has 1 unspecified atom stereocenters. The maximum Gasteiger partial charge on any atom is 0.209 e. The van der Waals surface area contributed by atoms with Crippen LogP contribution in [0, 0.1) is 0 Å². The van der Waals surface area contributed by atoms with Crippen molar-refractivity contribution in [2.75, 3.05) is 25.0 Å². The first-order chi connectivity index (χ1) is 12.2. The SMILES string of the molecule is O=CN1CCOC(c2ccc(Nc3nc(Br)cn4ccnc34)cc2)C1. The molecule has 1 aliphatic heterocycles. The van der Waals surface area contributed by atoms with Crippen molar-refractivity contribution in [3.63, 3.8) is 0 Å². The zero-order valence-corrected chi connectivity index (χ0v) is 14.9. The monoisotopic (exact) mass is 401 g/mol. The van der Waals surface area contributed by atoms with Gasteiger partial charge in [-0.25, -0.2) is 9.97 Å². The van der Waals surface area contributed by atoms with Gasteiger partial charge in [-0.15, -0.1) is 0 Å². The number of nitrogens with one attached hydrogen (secondary N) is 1. The average molecular weight is 402 g/mol. The third-order valence-electron chi connectivity index (χ3n) is 4.14. The van der Waals surface area contributed by atoms with Crippen molar-refractivity contribution >= 4 is 39.5 Å². The van der Waals surface area contributed by atoms with Crippen LogP contribution < -0.4 is 5.32 Å². The number of morpholine rings is 1. The average Bonchev–Trinajstić information content (AvgIpc) is 3.11. The van der Waals surface area contributed by atoms with E-state index in [0.29, 0.717) is 25.5 Å². The third-order valence-corrected chi connectivity index (χ3v) is 4.52. The highest BCUT2D eigenvalue weighted by molar-refractivity contribution is 9.10. The van der Waals surface area contributed by atoms with E-state index >= 15 is 0 Å². The van der Waals surface area contributed by atoms with Crippen molar-refractivity contribution in [1.82, 2.24) is 19.3 Å². The summed E-state index contributed by atoms with van der Waals surface area (Å²) in [6.07, 6.45) is 6.25. The van der Waals surface area contributed by atoms with E-state index in [1.165, 1.54) is 0 Å². The van der Waals surface area contributed by atoms with E-state index in [0.717, 1.165) is 27.9 Å². The molecule has 1 saturated heterocycles. The van der Waals surface area contributed by atoms with Crippen molar-refractivity contribution < 1.29 is 9.53 Å². The summed E-state index contributed by atoms with van der Waals surface area (Å²) in [5.41, 5.74) is 2.71. The molecule has 0 radical (unpaired) electrons. The molecule has 128 valence electrons. The largest absolute Gasteiger partial charge is 0.370 e. The normalized spacial score (nSPS) is 17.6. The van der Waals surface area contributed by atoms with E-state index in [2.05, 4.69) is 31.2 Å². The van der Waals surface area contributed by atoms with Gasteiger partial charge in [0.15, 0.2) is 11.5 Å². The number of anilines is 2. The molecule has 3 aromatic rings. The number of hydrogen-bond donors (Lipinski definition) is 1. The molecular formula is C17H16BrN5O2. The number of nitrogens with zero attached hydrogens (tertiary/aromatic N) is 4. The van der Waals surface area contributed by atoms with E-state index in [1.807, 2.05) is 41.1 Å². The van der Waals surface area contributed by atoms with Gasteiger partial charge in [0.2, 0.25) is 6.41 Å². The fraction of sp³-hybridized carbons (Fsp3) is 0.235. The number of rotatable bonds is 4. The lowest BCUT2D eigenvalue weighted by Gasteiger charge is -2.30. The van der Waals surface area contributed by atoms with Gasteiger partial charge in [-0.3, -0.25) is 4.79 Å². The fourth-order valence-corrected chi connectivity index (χ4v) is 3.27. The molecule has 1 aliphatic rings. The lowest BCUT2D eigenvalue weighted by Crippen LogP contribution is -2.37. The second kappa shape index (κ2) is 6.81. The van der Waals surface area contributed by atoms with Crippen LogP contribution in [0.15, 0.2) is 47.5 Å². The quantitative estimate of drug-likeness (QED) is 0.680. The van der Waals surface area contributed by atoms with Crippen LogP contribution >= 0.6 is 15.9 Å². The Morgan fingerprint density at radius 1 is 1.32 bits per heavy atom. The zero-order chi connectivity index (χ0) is 17.2. The molecule has 25 heavy (non-hydrogen) atoms. The number of benzene rings is 1. The summed E-state index contributed by atoms with van der Waals surface area (Å²) in [6.45, 7) is 1.79. The topological polar surface area (TPSA) is 71.8 Å². The third kappa shape index (κ3) is 3.35. The zero-order valence-electron chi connectivity index (χ0n) is 13.3. The second-order valence-corrected chi connectivity index (χ2v) is 6.59. The summed E-state index contributed by atoms with van der Waals surface area (Å²) >= 11 is 3.41. The first-order valence-corrected chi connectivity index (χ1v) is 8.69. The van der Waals surface area contributed by atoms with E-state index < -0.39 is 0 Å². The van der Waals surface area contributed by atoms with Gasteiger partial charge in [0, 0.05) is 30.8 Å². The molecule has 0 aliphatic carbocycles. The van der Waals surface area contributed by atoms with Crippen molar-refractivity contribution in [3.8, 4) is 0 Å². The van der Waals surface area contributed by atoms with Gasteiger partial charge in [-0.1, -0.05) is 12.1 Å². The lowest BCUT2D eigenvalue weighted by atomic mass is 10.1. The molecule has 1 aromatic carbocycles. The molecule has 1 N–H and O–H groups in total. The Morgan fingerprint density at radius 3 is 2.96 bits per heavy atom. The van der Waals surface area contributed by atoms with Crippen molar-refractivity contribution in [2.24, 2.45) is 0 Å². The van der Waals surface area contributed by atoms with Crippen LogP contribution in [-0.4, -0.2) is 45.4 Å². The fourth-order valence-electron chi connectivity index (χ4n) is 2.87. The van der Waals surface area contributed by atoms with Crippen LogP contribution in [0.3, 0.4) is 0 Å². The Labute approximate surface area is 152 Å². The highest BCUT2D eigenvalue weighted by atomic mass is 79.9. The highest BCUT2D eigenvalue weighted by Crippen LogP contribution is 2.25. The predicted molar refractivity (Wildman–Crippen MR) is 96.7 cm³/mol. The van der Waals surface area contributed by atoms with Gasteiger partial charge < -0.3 is 19.4 Å². The molecule has 8 heteroatoms. The van der Waals surface area contributed by atoms with Gasteiger partial charge in [-0.2, -0.15) is 0 Å². The molecular weight excluding hydrogens is 386 g/mol. The summed E-state index contributed by atoms with van der Waals surface area (Å²) in [5.74, 6) is 0.674. The van der Waals surface area contributed by atoms with Crippen LogP contribution in [0.4, 0.5) is 11.5 Å². The first-order valence-electron chi connectivity index (χ1n) is 7.90. The van der Waals surface area contributed by atoms with Crippen LogP contribution in [0.1, 0.15) is 11.7 Å². The summed E-state index contributed by atoms with van der Waals surface area (Å²) in [4.78, 5) is 21.5. The summed E-state index contributed by atoms with van der Waals surface area (Å²) in [7, 11) is 0. The van der Waals surface area contributed by atoms with Crippen molar-refractivity contribution in [3.05, 3.63) is 53.0 Å². The number of halogens is 1. The minimum atomic E-state index is -0.0870. The Kier molecular flexibility index (Phi) is 4.37. The maximum atomic E-state index is 10.9. The number of ether oxygens (including phenoxy) is 1. The predicted octanol–water partition coefficient (Wildman–Crippen LogP) is 2.77. The minimum absolute atomic E-state index is 0.0870. The molecule has 0 bridgehead atoms. The summed E-state index contributed by atoms with van der Waals surface area (Å²) in [5, 5.41) is 3.29. The van der Waals surface area contributed by atoms with E-state index in [4.69, 9.17) is 4.74 Å². The highest BCUT2D eigenvalue weighted by Gasteiger charge is 2.20. The second-order valence-electron chi connectivity index (χ2n) is 5.78. The van der Waals surface area contributed by atoms with Gasteiger partial charge in [-0.05, 0) is 33.6 Å². The number of fused-ring (bicyclic) bond motifs is 1. The minimum Gasteiger partial charge on any atom is -0.370 e. The number of amides is 1. The number of hydrogen-bond acceptors (Lipinski definition) is 5. The van der Waals surface area contributed by atoms with E-state index in [1.54, 1.807) is 11.1 Å². The smallest absolute Gasteiger partial charge is 0.209 e. The number of carbonyl (C=O) groups excluding carboxylic acids is 1. The van der Waals surface area contributed by atoms with Crippen LogP contribution in [0.25, 0.3) is 5.65 Å². The standard InChI is InChI=1S/C17H16BrN5O2/c18-15-10-23-6-5-19-17(23)16(21-15)20-13-3-1-12(2-4-13)14-9-22(11-24)7-8-25-14/h1-6,10-11,14H,7-9H2,(H,20,21). The van der Waals surface area contributed by atoms with Crippen molar-refractivity contribution in [2.45, 2.75) is 6.10 Å². The Hall–Kier alpha value is -2.45. The molecule has 0 saturated carbocycles. The molecule has 1 atom stereocenters. The Balaban J connectivity index is 1.54. The Morgan fingerprint density at radius 2 is 2.16 bits per heavy atom. The van der Waals surface area contributed by atoms with E-state index in [-0.39, 0.29) is 6.10 Å².